The van der Waals surface area contributed by atoms with Crippen LogP contribution in [0.25, 0.3) is 22.0 Å². The Morgan fingerprint density at radius 3 is 2.19 bits per heavy atom. The third-order valence-electron chi connectivity index (χ3n) is 14.8. The van der Waals surface area contributed by atoms with Crippen LogP contribution in [0.3, 0.4) is 0 Å². The summed E-state index contributed by atoms with van der Waals surface area (Å²) in [6.45, 7) is 14.7. The number of nitro benzene ring substituents is 1. The molecule has 1 aliphatic carbocycles. The molecule has 0 radical (unpaired) electrons. The second-order valence-corrected chi connectivity index (χ2v) is 21.6. The molecule has 9 rings (SSSR count). The van der Waals surface area contributed by atoms with E-state index in [0.717, 1.165) is 104 Å². The van der Waals surface area contributed by atoms with Crippen molar-refractivity contribution in [3.63, 3.8) is 0 Å². The van der Waals surface area contributed by atoms with Gasteiger partial charge in [-0.15, -0.1) is 0 Å². The third kappa shape index (κ3) is 12.1. The SMILES string of the molecule is COc1cc(=O)n(C)cc1-c1ccc2nc(N3CCC(CN4C[C@@H](C)N(C(=O)OC(C)(C)C)C[C@@H]4C)CC3)nc(C(COC3CCCCO3)(CC3CC3)c3ccc(OC(=O)Oc4ccc([N+](=O)[O-])cc4)cc3)c2c1. The molecule has 394 valence electrons. The van der Waals surface area contributed by atoms with Crippen molar-refractivity contribution in [3.05, 3.63) is 111 Å². The van der Waals surface area contributed by atoms with Crippen molar-refractivity contribution in [1.29, 1.82) is 0 Å². The van der Waals surface area contributed by atoms with Crippen LogP contribution < -0.4 is 24.7 Å². The Kier molecular flexibility index (Phi) is 15.6. The number of non-ortho nitro benzene ring substituents is 1. The highest BCUT2D eigenvalue weighted by Gasteiger charge is 2.45. The number of amides is 1. The summed E-state index contributed by atoms with van der Waals surface area (Å²) in [5, 5.41) is 12.0. The minimum atomic E-state index is -0.991. The Morgan fingerprint density at radius 2 is 1.55 bits per heavy atom. The van der Waals surface area contributed by atoms with Crippen molar-refractivity contribution in [3.8, 4) is 28.4 Å². The molecule has 3 aliphatic heterocycles. The van der Waals surface area contributed by atoms with Crippen molar-refractivity contribution >= 4 is 34.8 Å². The molecule has 5 aromatic rings. The summed E-state index contributed by atoms with van der Waals surface area (Å²) < 4.78 is 37.2. The fourth-order valence-corrected chi connectivity index (χ4v) is 10.6. The quantitative estimate of drug-likeness (QED) is 0.0417. The molecule has 1 amide bonds. The first kappa shape index (κ1) is 52.2. The van der Waals surface area contributed by atoms with Crippen LogP contribution in [0.2, 0.25) is 0 Å². The van der Waals surface area contributed by atoms with Crippen LogP contribution >= 0.6 is 0 Å². The van der Waals surface area contributed by atoms with E-state index in [4.69, 9.17) is 38.4 Å². The highest BCUT2D eigenvalue weighted by atomic mass is 16.7. The number of piperidine rings is 1. The summed E-state index contributed by atoms with van der Waals surface area (Å²) in [5.74, 6) is 2.25. The number of aromatic nitrogens is 3. The lowest BCUT2D eigenvalue weighted by Crippen LogP contribution is -2.59. The summed E-state index contributed by atoms with van der Waals surface area (Å²) in [5.41, 5.74) is 2.30. The molecule has 4 atom stereocenters. The molecule has 2 unspecified atom stereocenters. The maximum Gasteiger partial charge on any atom is 0.519 e. The normalized spacial score (nSPS) is 20.7. The summed E-state index contributed by atoms with van der Waals surface area (Å²) in [7, 11) is 3.28. The van der Waals surface area contributed by atoms with Gasteiger partial charge in [-0.1, -0.05) is 31.0 Å². The number of carbonyl (C=O) groups is 2. The molecule has 3 saturated heterocycles. The van der Waals surface area contributed by atoms with E-state index in [1.807, 2.05) is 49.9 Å². The minimum Gasteiger partial charge on any atom is -0.496 e. The molecule has 1 saturated carbocycles. The first-order chi connectivity index (χ1) is 35.4. The number of carbonyl (C=O) groups excluding carboxylic acids is 2. The molecule has 4 aliphatic rings. The van der Waals surface area contributed by atoms with Crippen LogP contribution in [0, 0.1) is 22.0 Å². The predicted octanol–water partition coefficient (Wildman–Crippen LogP) is 9.67. The van der Waals surface area contributed by atoms with Crippen LogP contribution in [-0.2, 0) is 26.7 Å². The molecular formula is C56H69N7O11. The summed E-state index contributed by atoms with van der Waals surface area (Å²) in [4.78, 5) is 67.3. The van der Waals surface area contributed by atoms with Gasteiger partial charge in [0, 0.05) is 93.8 Å². The van der Waals surface area contributed by atoms with Gasteiger partial charge in [0.2, 0.25) is 5.95 Å². The van der Waals surface area contributed by atoms with E-state index in [1.54, 1.807) is 32.5 Å². The fraction of sp³-hybridized carbons (Fsp3) is 0.518. The molecule has 18 nitrogen and oxygen atoms in total. The molecule has 3 aromatic carbocycles. The molecule has 2 aromatic heterocycles. The number of ether oxygens (including phenoxy) is 6. The van der Waals surface area contributed by atoms with Gasteiger partial charge in [0.15, 0.2) is 6.29 Å². The summed E-state index contributed by atoms with van der Waals surface area (Å²) >= 11 is 0. The van der Waals surface area contributed by atoms with Crippen molar-refractivity contribution in [2.24, 2.45) is 18.9 Å². The molecule has 0 N–H and O–H groups in total. The lowest BCUT2D eigenvalue weighted by atomic mass is 9.72. The lowest BCUT2D eigenvalue weighted by molar-refractivity contribution is -0.384. The number of aryl methyl sites for hydroxylation is 1. The second-order valence-electron chi connectivity index (χ2n) is 21.6. The van der Waals surface area contributed by atoms with E-state index in [2.05, 4.69) is 29.7 Å². The zero-order valence-electron chi connectivity index (χ0n) is 43.6. The average Bonchev–Trinajstić information content (AvgIpc) is 4.21. The number of rotatable bonds is 15. The Bertz CT molecular complexity index is 2870. The van der Waals surface area contributed by atoms with E-state index in [-0.39, 0.29) is 47.5 Å². The lowest BCUT2D eigenvalue weighted by Gasteiger charge is -2.46. The number of hydrogen-bond acceptors (Lipinski definition) is 15. The topological polar surface area (TPSA) is 190 Å². The van der Waals surface area contributed by atoms with Gasteiger partial charge in [-0.05, 0) is 133 Å². The maximum absolute atomic E-state index is 13.1. The Hall–Kier alpha value is -6.63. The van der Waals surface area contributed by atoms with Gasteiger partial charge in [-0.25, -0.2) is 19.6 Å². The number of piperazine rings is 1. The van der Waals surface area contributed by atoms with E-state index < -0.39 is 28.4 Å². The first-order valence-corrected chi connectivity index (χ1v) is 26.0. The van der Waals surface area contributed by atoms with Gasteiger partial charge in [-0.2, -0.15) is 0 Å². The van der Waals surface area contributed by atoms with E-state index in [0.29, 0.717) is 43.1 Å². The predicted molar refractivity (Wildman–Crippen MR) is 279 cm³/mol. The minimum absolute atomic E-state index is 0.0280. The van der Waals surface area contributed by atoms with Gasteiger partial charge in [0.05, 0.1) is 35.3 Å². The average molecular weight is 1020 g/mol. The van der Waals surface area contributed by atoms with Gasteiger partial charge >= 0.3 is 12.2 Å². The van der Waals surface area contributed by atoms with Crippen molar-refractivity contribution in [2.75, 3.05) is 57.9 Å². The standard InChI is InChI=1S/C56H69N7O11/c1-36-32-62(53(65)74-55(3,4)5)37(2)31-61(36)33-39-23-25-60(26-24-39)52-57-47-22-13-40(46-34-59(6)49(64)29-48(46)69-7)28-45(47)51(58-52)56(30-38-11-12-38,35-71-50-10-8-9-27-70-50)41-14-18-43(19-15-41)72-54(66)73-44-20-16-42(17-21-44)63(67)68/h13-22,28-29,34,36-39,50H,8-12,23-27,30-33,35H2,1-7H3/t36-,37+,50?,56?/m0/s1. The zero-order valence-corrected chi connectivity index (χ0v) is 43.6. The monoisotopic (exact) mass is 1020 g/mol. The van der Waals surface area contributed by atoms with Crippen molar-refractivity contribution < 1.29 is 42.9 Å². The van der Waals surface area contributed by atoms with Crippen molar-refractivity contribution in [1.82, 2.24) is 24.3 Å². The smallest absolute Gasteiger partial charge is 0.496 e. The van der Waals surface area contributed by atoms with Gasteiger partial charge in [0.25, 0.3) is 11.2 Å². The van der Waals surface area contributed by atoms with Crippen LogP contribution in [0.5, 0.6) is 17.2 Å². The van der Waals surface area contributed by atoms with Gasteiger partial charge in [-0.3, -0.25) is 19.8 Å². The van der Waals surface area contributed by atoms with Crippen LogP contribution in [-0.4, -0.2) is 119 Å². The van der Waals surface area contributed by atoms with E-state index in [9.17, 15) is 24.5 Å². The van der Waals surface area contributed by atoms with Crippen LogP contribution in [0.4, 0.5) is 21.2 Å². The fourth-order valence-electron chi connectivity index (χ4n) is 10.6. The van der Waals surface area contributed by atoms with Gasteiger partial charge < -0.3 is 42.8 Å². The number of nitrogens with zero attached hydrogens (tertiary/aromatic N) is 7. The number of hydrogen-bond donors (Lipinski definition) is 0. The van der Waals surface area contributed by atoms with Crippen LogP contribution in [0.1, 0.15) is 97.2 Å². The molecule has 4 fully saturated rings. The Morgan fingerprint density at radius 1 is 0.851 bits per heavy atom. The Labute approximate surface area is 432 Å². The number of nitro groups is 1. The number of fused-ring (bicyclic) bond motifs is 1. The third-order valence-corrected chi connectivity index (χ3v) is 14.8. The highest BCUT2D eigenvalue weighted by molar-refractivity contribution is 5.89. The van der Waals surface area contributed by atoms with Crippen molar-refractivity contribution in [2.45, 2.75) is 115 Å². The molecule has 18 heteroatoms. The molecule has 0 spiro atoms. The first-order valence-electron chi connectivity index (χ1n) is 26.0. The molecule has 74 heavy (non-hydrogen) atoms. The summed E-state index contributed by atoms with van der Waals surface area (Å²) in [6, 6.07) is 20.4. The second kappa shape index (κ2) is 22.1. The molecular weight excluding hydrogens is 947 g/mol. The number of benzene rings is 3. The zero-order chi connectivity index (χ0) is 52.3. The van der Waals surface area contributed by atoms with E-state index in [1.165, 1.54) is 34.9 Å². The summed E-state index contributed by atoms with van der Waals surface area (Å²) in [6.07, 6.45) is 7.56. The van der Waals surface area contributed by atoms with E-state index >= 15 is 0 Å². The highest BCUT2D eigenvalue weighted by Crippen LogP contribution is 2.49. The number of anilines is 1. The largest absolute Gasteiger partial charge is 0.519 e. The maximum atomic E-state index is 13.1. The van der Waals surface area contributed by atoms with Crippen LogP contribution in [0.15, 0.2) is 83.8 Å². The number of methoxy groups -OCH3 is 1. The van der Waals surface area contributed by atoms with Gasteiger partial charge in [0.1, 0.15) is 22.8 Å². The molecule has 5 heterocycles. The number of pyridine rings is 1. The Balaban J connectivity index is 1.06. The molecule has 0 bridgehead atoms.